The molecule has 0 atom stereocenters. The molecule has 16 heavy (non-hydrogen) atoms. The van der Waals surface area contributed by atoms with Gasteiger partial charge in [0.05, 0.1) is 12.4 Å². The molecule has 1 fully saturated rings. The maximum absolute atomic E-state index is 5.83. The third-order valence-electron chi connectivity index (χ3n) is 2.88. The van der Waals surface area contributed by atoms with Gasteiger partial charge in [0.15, 0.2) is 11.5 Å². The van der Waals surface area contributed by atoms with E-state index in [1.807, 2.05) is 18.2 Å². The predicted molar refractivity (Wildman–Crippen MR) is 60.6 cm³/mol. The third-order valence-corrected chi connectivity index (χ3v) is 2.88. The molecule has 0 spiro atoms. The number of fused-ring (bicyclic) bond motifs is 1. The first-order valence-electron chi connectivity index (χ1n) is 5.51. The van der Waals surface area contributed by atoms with Gasteiger partial charge in [-0.15, -0.1) is 0 Å². The van der Waals surface area contributed by atoms with Crippen LogP contribution in [0.4, 0.5) is 0 Å². The van der Waals surface area contributed by atoms with Gasteiger partial charge >= 0.3 is 0 Å². The lowest BCUT2D eigenvalue weighted by molar-refractivity contribution is 0.174. The monoisotopic (exact) mass is 218 g/mol. The summed E-state index contributed by atoms with van der Waals surface area (Å²) in [5, 5.41) is 0. The van der Waals surface area contributed by atoms with Crippen molar-refractivity contribution in [3.63, 3.8) is 0 Å². The summed E-state index contributed by atoms with van der Waals surface area (Å²) in [5.74, 6) is 2.94. The van der Waals surface area contributed by atoms with E-state index in [0.29, 0.717) is 19.3 Å². The van der Waals surface area contributed by atoms with Crippen molar-refractivity contribution in [1.82, 2.24) is 0 Å². The lowest BCUT2D eigenvalue weighted by Gasteiger charge is -2.01. The van der Waals surface area contributed by atoms with Gasteiger partial charge in [0, 0.05) is 5.92 Å². The largest absolute Gasteiger partial charge is 0.454 e. The fraction of sp³-hybridized carbons (Fsp3) is 0.417. The Morgan fingerprint density at radius 2 is 2.12 bits per heavy atom. The van der Waals surface area contributed by atoms with Gasteiger partial charge in [0.2, 0.25) is 6.79 Å². The number of nitrogens with two attached hydrogens (primary N) is 1. The fourth-order valence-electron chi connectivity index (χ4n) is 1.73. The first kappa shape index (κ1) is 9.51. The molecule has 1 aromatic rings. The third kappa shape index (κ3) is 1.83. The standard InChI is InChI=1S/C12H14N2O2/c13-12(9-2-3-9)14-6-8-1-4-10-11(5-8)16-7-15-10/h1,4-5,9H,2-3,6-7H2,(H2,13,14). The lowest BCUT2D eigenvalue weighted by atomic mass is 10.2. The molecule has 84 valence electrons. The SMILES string of the molecule is NC(=NCc1ccc2c(c1)OCO2)C1CC1. The van der Waals surface area contributed by atoms with E-state index in [0.717, 1.165) is 22.9 Å². The summed E-state index contributed by atoms with van der Waals surface area (Å²) in [6.07, 6.45) is 2.38. The normalized spacial score (nSPS) is 18.9. The van der Waals surface area contributed by atoms with E-state index in [1.165, 1.54) is 12.8 Å². The zero-order valence-corrected chi connectivity index (χ0v) is 8.98. The van der Waals surface area contributed by atoms with Gasteiger partial charge in [-0.05, 0) is 30.5 Å². The van der Waals surface area contributed by atoms with Crippen molar-refractivity contribution in [3.8, 4) is 11.5 Å². The molecule has 2 aliphatic rings. The zero-order valence-electron chi connectivity index (χ0n) is 8.98. The van der Waals surface area contributed by atoms with Crippen LogP contribution in [0.3, 0.4) is 0 Å². The molecule has 0 radical (unpaired) electrons. The average molecular weight is 218 g/mol. The van der Waals surface area contributed by atoms with Crippen molar-refractivity contribution in [2.24, 2.45) is 16.6 Å². The highest BCUT2D eigenvalue weighted by molar-refractivity contribution is 5.84. The van der Waals surface area contributed by atoms with Gasteiger partial charge in [-0.3, -0.25) is 4.99 Å². The van der Waals surface area contributed by atoms with Crippen molar-refractivity contribution >= 4 is 5.84 Å². The predicted octanol–water partition coefficient (Wildman–Crippen LogP) is 1.68. The quantitative estimate of drug-likeness (QED) is 0.620. The molecule has 4 nitrogen and oxygen atoms in total. The van der Waals surface area contributed by atoms with Crippen molar-refractivity contribution in [2.45, 2.75) is 19.4 Å². The summed E-state index contributed by atoms with van der Waals surface area (Å²) in [6.45, 7) is 0.936. The molecule has 1 aromatic carbocycles. The molecule has 1 heterocycles. The molecular formula is C12H14N2O2. The minimum Gasteiger partial charge on any atom is -0.454 e. The molecule has 0 aromatic heterocycles. The maximum Gasteiger partial charge on any atom is 0.231 e. The lowest BCUT2D eigenvalue weighted by Crippen LogP contribution is -2.14. The summed E-state index contributed by atoms with van der Waals surface area (Å²) in [5.41, 5.74) is 6.94. The molecule has 0 saturated heterocycles. The van der Waals surface area contributed by atoms with Crippen LogP contribution < -0.4 is 15.2 Å². The fourth-order valence-corrected chi connectivity index (χ4v) is 1.73. The van der Waals surface area contributed by atoms with Crippen LogP contribution in [0.15, 0.2) is 23.2 Å². The van der Waals surface area contributed by atoms with Crippen molar-refractivity contribution in [2.75, 3.05) is 6.79 Å². The van der Waals surface area contributed by atoms with Crippen molar-refractivity contribution in [3.05, 3.63) is 23.8 Å². The minimum atomic E-state index is 0.312. The number of benzene rings is 1. The number of ether oxygens (including phenoxy) is 2. The van der Waals surface area contributed by atoms with Crippen LogP contribution in [0.25, 0.3) is 0 Å². The van der Waals surface area contributed by atoms with Crippen LogP contribution >= 0.6 is 0 Å². The molecule has 1 saturated carbocycles. The average Bonchev–Trinajstić information content (AvgIpc) is 3.04. The summed E-state index contributed by atoms with van der Waals surface area (Å²) >= 11 is 0. The van der Waals surface area contributed by atoms with Gasteiger partial charge < -0.3 is 15.2 Å². The van der Waals surface area contributed by atoms with E-state index in [4.69, 9.17) is 15.2 Å². The van der Waals surface area contributed by atoms with Gasteiger partial charge in [0.25, 0.3) is 0 Å². The highest BCUT2D eigenvalue weighted by atomic mass is 16.7. The molecule has 3 rings (SSSR count). The Bertz CT molecular complexity index is 439. The zero-order chi connectivity index (χ0) is 11.0. The second-order valence-electron chi connectivity index (χ2n) is 4.20. The number of hydrogen-bond acceptors (Lipinski definition) is 3. The number of hydrogen-bond donors (Lipinski definition) is 1. The maximum atomic E-state index is 5.83. The van der Waals surface area contributed by atoms with Gasteiger partial charge in [0.1, 0.15) is 0 Å². The Kier molecular flexibility index (Phi) is 2.20. The van der Waals surface area contributed by atoms with Crippen LogP contribution in [0, 0.1) is 5.92 Å². The first-order chi connectivity index (χ1) is 7.83. The van der Waals surface area contributed by atoms with Crippen LogP contribution in [-0.4, -0.2) is 12.6 Å². The Balaban J connectivity index is 1.72. The molecule has 1 aliphatic carbocycles. The Morgan fingerprint density at radius 3 is 2.94 bits per heavy atom. The summed E-state index contributed by atoms with van der Waals surface area (Å²) in [6, 6.07) is 5.88. The van der Waals surface area contributed by atoms with E-state index in [1.54, 1.807) is 0 Å². The first-order valence-corrected chi connectivity index (χ1v) is 5.51. The van der Waals surface area contributed by atoms with E-state index in [-0.39, 0.29) is 0 Å². The topological polar surface area (TPSA) is 56.8 Å². The summed E-state index contributed by atoms with van der Waals surface area (Å²) < 4.78 is 10.5. The van der Waals surface area contributed by atoms with Crippen LogP contribution in [-0.2, 0) is 6.54 Å². The van der Waals surface area contributed by atoms with Crippen LogP contribution in [0.2, 0.25) is 0 Å². The summed E-state index contributed by atoms with van der Waals surface area (Å²) in [7, 11) is 0. The van der Waals surface area contributed by atoms with E-state index < -0.39 is 0 Å². The minimum absolute atomic E-state index is 0.312. The highest BCUT2D eigenvalue weighted by Crippen LogP contribution is 2.33. The molecule has 0 bridgehead atoms. The molecular weight excluding hydrogens is 204 g/mol. The number of aliphatic imine (C=N–C) groups is 1. The Morgan fingerprint density at radius 1 is 1.31 bits per heavy atom. The van der Waals surface area contributed by atoms with E-state index >= 15 is 0 Å². The highest BCUT2D eigenvalue weighted by Gasteiger charge is 2.25. The molecule has 4 heteroatoms. The van der Waals surface area contributed by atoms with Crippen LogP contribution in [0.5, 0.6) is 11.5 Å². The Labute approximate surface area is 94.1 Å². The molecule has 0 amide bonds. The number of rotatable bonds is 3. The second-order valence-corrected chi connectivity index (χ2v) is 4.20. The van der Waals surface area contributed by atoms with E-state index in [2.05, 4.69) is 4.99 Å². The second kappa shape index (κ2) is 3.70. The molecule has 0 unspecified atom stereocenters. The number of nitrogens with zero attached hydrogens (tertiary/aromatic N) is 1. The molecule has 1 aliphatic heterocycles. The van der Waals surface area contributed by atoms with E-state index in [9.17, 15) is 0 Å². The van der Waals surface area contributed by atoms with Crippen molar-refractivity contribution < 1.29 is 9.47 Å². The Hall–Kier alpha value is -1.71. The van der Waals surface area contributed by atoms with Gasteiger partial charge in [-0.1, -0.05) is 6.07 Å². The smallest absolute Gasteiger partial charge is 0.231 e. The number of amidine groups is 1. The van der Waals surface area contributed by atoms with Crippen molar-refractivity contribution in [1.29, 1.82) is 0 Å². The summed E-state index contributed by atoms with van der Waals surface area (Å²) in [4.78, 5) is 4.38. The van der Waals surface area contributed by atoms with Crippen LogP contribution in [0.1, 0.15) is 18.4 Å². The molecule has 2 N–H and O–H groups in total. The van der Waals surface area contributed by atoms with Gasteiger partial charge in [-0.25, -0.2) is 0 Å². The van der Waals surface area contributed by atoms with Gasteiger partial charge in [-0.2, -0.15) is 0 Å².